The van der Waals surface area contributed by atoms with Crippen molar-refractivity contribution in [1.82, 2.24) is 0 Å². The van der Waals surface area contributed by atoms with Gasteiger partial charge in [0.25, 0.3) is 0 Å². The number of sulfonamides is 1. The van der Waals surface area contributed by atoms with Gasteiger partial charge < -0.3 is 11.1 Å². The van der Waals surface area contributed by atoms with E-state index in [9.17, 15) is 13.2 Å². The molecule has 1 amide bonds. The number of hydrogen-bond donors (Lipinski definition) is 3. The Hall–Kier alpha value is -1.60. The van der Waals surface area contributed by atoms with Gasteiger partial charge in [0.05, 0.1) is 18.0 Å². The average molecular weight is 299 g/mol. The van der Waals surface area contributed by atoms with Gasteiger partial charge in [-0.25, -0.2) is 8.42 Å². The van der Waals surface area contributed by atoms with E-state index >= 15 is 0 Å². The number of carbonyl (C=O) groups is 1. The number of nitrogens with one attached hydrogen (secondary N) is 2. The first-order valence-electron chi connectivity index (χ1n) is 6.13. The van der Waals surface area contributed by atoms with E-state index in [2.05, 4.69) is 10.0 Å². The summed E-state index contributed by atoms with van der Waals surface area (Å²) in [4.78, 5) is 12.0. The first-order valence-corrected chi connectivity index (χ1v) is 8.02. The SMILES string of the molecule is CC(C)(C)C(N)C(=O)Nc1cccc(NS(C)(=O)=O)c1. The van der Waals surface area contributed by atoms with Crippen LogP contribution in [0.3, 0.4) is 0 Å². The summed E-state index contributed by atoms with van der Waals surface area (Å²) in [5, 5.41) is 2.68. The largest absolute Gasteiger partial charge is 0.325 e. The lowest BCUT2D eigenvalue weighted by atomic mass is 9.87. The molecule has 7 heteroatoms. The normalized spacial score (nSPS) is 13.7. The fourth-order valence-electron chi connectivity index (χ4n) is 1.49. The fourth-order valence-corrected chi connectivity index (χ4v) is 2.04. The first-order chi connectivity index (χ1) is 8.99. The quantitative estimate of drug-likeness (QED) is 0.781. The highest BCUT2D eigenvalue weighted by Gasteiger charge is 2.27. The summed E-state index contributed by atoms with van der Waals surface area (Å²) in [6, 6.07) is 5.79. The second-order valence-corrected chi connectivity index (χ2v) is 7.54. The minimum atomic E-state index is -3.35. The molecule has 0 aliphatic heterocycles. The lowest BCUT2D eigenvalue weighted by molar-refractivity contribution is -0.119. The van der Waals surface area contributed by atoms with Crippen molar-refractivity contribution in [3.63, 3.8) is 0 Å². The van der Waals surface area contributed by atoms with Crippen LogP contribution in [0.4, 0.5) is 11.4 Å². The summed E-state index contributed by atoms with van der Waals surface area (Å²) in [7, 11) is -3.35. The van der Waals surface area contributed by atoms with Crippen LogP contribution in [-0.2, 0) is 14.8 Å². The molecule has 1 unspecified atom stereocenters. The third-order valence-corrected chi connectivity index (χ3v) is 3.26. The molecule has 0 spiro atoms. The zero-order valence-electron chi connectivity index (χ0n) is 12.1. The van der Waals surface area contributed by atoms with Gasteiger partial charge >= 0.3 is 0 Å². The standard InChI is InChI=1S/C13H21N3O3S/c1-13(2,3)11(14)12(17)15-9-6-5-7-10(8-9)16-20(4,18)19/h5-8,11,16H,14H2,1-4H3,(H,15,17). The van der Waals surface area contributed by atoms with Gasteiger partial charge in [-0.15, -0.1) is 0 Å². The summed E-state index contributed by atoms with van der Waals surface area (Å²) in [6.07, 6.45) is 1.06. The predicted molar refractivity (Wildman–Crippen MR) is 81.0 cm³/mol. The summed E-state index contributed by atoms with van der Waals surface area (Å²) in [5.41, 5.74) is 6.38. The summed E-state index contributed by atoms with van der Waals surface area (Å²) >= 11 is 0. The molecule has 1 atom stereocenters. The molecule has 0 heterocycles. The predicted octanol–water partition coefficient (Wildman–Crippen LogP) is 1.37. The molecule has 0 aromatic heterocycles. The number of benzene rings is 1. The van der Waals surface area contributed by atoms with Crippen LogP contribution in [0.2, 0.25) is 0 Å². The monoisotopic (exact) mass is 299 g/mol. The van der Waals surface area contributed by atoms with E-state index in [4.69, 9.17) is 5.73 Å². The van der Waals surface area contributed by atoms with Crippen molar-refractivity contribution in [1.29, 1.82) is 0 Å². The maximum atomic E-state index is 12.0. The van der Waals surface area contributed by atoms with Gasteiger partial charge in [-0.3, -0.25) is 9.52 Å². The van der Waals surface area contributed by atoms with E-state index < -0.39 is 16.1 Å². The Kier molecular flexibility index (Phi) is 4.77. The Morgan fingerprint density at radius 1 is 1.25 bits per heavy atom. The molecule has 0 aliphatic carbocycles. The molecule has 0 radical (unpaired) electrons. The van der Waals surface area contributed by atoms with Crippen molar-refractivity contribution in [3.05, 3.63) is 24.3 Å². The molecule has 0 bridgehead atoms. The number of nitrogens with two attached hydrogens (primary N) is 1. The van der Waals surface area contributed by atoms with Crippen molar-refractivity contribution >= 4 is 27.3 Å². The second kappa shape index (κ2) is 5.80. The molecule has 0 saturated heterocycles. The fraction of sp³-hybridized carbons (Fsp3) is 0.462. The molecule has 6 nitrogen and oxygen atoms in total. The Morgan fingerprint density at radius 3 is 2.30 bits per heavy atom. The maximum Gasteiger partial charge on any atom is 0.241 e. The highest BCUT2D eigenvalue weighted by molar-refractivity contribution is 7.92. The van der Waals surface area contributed by atoms with Crippen LogP contribution in [0.5, 0.6) is 0 Å². The van der Waals surface area contributed by atoms with E-state index in [1.807, 2.05) is 20.8 Å². The van der Waals surface area contributed by atoms with E-state index in [1.54, 1.807) is 18.2 Å². The van der Waals surface area contributed by atoms with Gasteiger partial charge in [0, 0.05) is 5.69 Å². The van der Waals surface area contributed by atoms with Crippen LogP contribution in [0.1, 0.15) is 20.8 Å². The van der Waals surface area contributed by atoms with Crippen molar-refractivity contribution in [2.75, 3.05) is 16.3 Å². The molecule has 1 aromatic rings. The third-order valence-electron chi connectivity index (χ3n) is 2.65. The Labute approximate surface area is 119 Å². The Balaban J connectivity index is 2.84. The van der Waals surface area contributed by atoms with Crippen LogP contribution >= 0.6 is 0 Å². The first kappa shape index (κ1) is 16.5. The molecule has 1 aromatic carbocycles. The van der Waals surface area contributed by atoms with Crippen LogP contribution in [0, 0.1) is 5.41 Å². The van der Waals surface area contributed by atoms with Crippen LogP contribution < -0.4 is 15.8 Å². The minimum Gasteiger partial charge on any atom is -0.325 e. The Bertz CT molecular complexity index is 591. The molecule has 1 rings (SSSR count). The van der Waals surface area contributed by atoms with Crippen molar-refractivity contribution in [2.24, 2.45) is 11.1 Å². The second-order valence-electron chi connectivity index (χ2n) is 5.79. The third kappa shape index (κ3) is 5.18. The maximum absolute atomic E-state index is 12.0. The Morgan fingerprint density at radius 2 is 1.80 bits per heavy atom. The molecule has 0 aliphatic rings. The number of amides is 1. The summed E-state index contributed by atoms with van der Waals surface area (Å²) in [5.74, 6) is -0.311. The topological polar surface area (TPSA) is 101 Å². The average Bonchev–Trinajstić information content (AvgIpc) is 2.24. The summed E-state index contributed by atoms with van der Waals surface area (Å²) in [6.45, 7) is 5.62. The van der Waals surface area contributed by atoms with Gasteiger partial charge in [0.1, 0.15) is 0 Å². The highest BCUT2D eigenvalue weighted by atomic mass is 32.2. The molecule has 20 heavy (non-hydrogen) atoms. The molecular formula is C13H21N3O3S. The lowest BCUT2D eigenvalue weighted by Gasteiger charge is -2.25. The number of hydrogen-bond acceptors (Lipinski definition) is 4. The van der Waals surface area contributed by atoms with Crippen LogP contribution in [0.15, 0.2) is 24.3 Å². The van der Waals surface area contributed by atoms with Crippen LogP contribution in [-0.4, -0.2) is 26.6 Å². The highest BCUT2D eigenvalue weighted by Crippen LogP contribution is 2.20. The minimum absolute atomic E-state index is 0.311. The van der Waals surface area contributed by atoms with Crippen LogP contribution in [0.25, 0.3) is 0 Å². The zero-order chi connectivity index (χ0) is 15.6. The van der Waals surface area contributed by atoms with Crippen molar-refractivity contribution in [2.45, 2.75) is 26.8 Å². The smallest absolute Gasteiger partial charge is 0.241 e. The molecule has 112 valence electrons. The zero-order valence-corrected chi connectivity index (χ0v) is 12.9. The van der Waals surface area contributed by atoms with Gasteiger partial charge in [-0.1, -0.05) is 26.8 Å². The van der Waals surface area contributed by atoms with E-state index in [-0.39, 0.29) is 11.3 Å². The van der Waals surface area contributed by atoms with Crippen molar-refractivity contribution in [3.8, 4) is 0 Å². The van der Waals surface area contributed by atoms with E-state index in [0.29, 0.717) is 11.4 Å². The molecule has 0 fully saturated rings. The molecular weight excluding hydrogens is 278 g/mol. The van der Waals surface area contributed by atoms with E-state index in [1.165, 1.54) is 6.07 Å². The summed E-state index contributed by atoms with van der Waals surface area (Å²) < 4.78 is 24.7. The molecule has 0 saturated carbocycles. The lowest BCUT2D eigenvalue weighted by Crippen LogP contribution is -2.45. The van der Waals surface area contributed by atoms with E-state index in [0.717, 1.165) is 6.26 Å². The number of carbonyl (C=O) groups excluding carboxylic acids is 1. The molecule has 4 N–H and O–H groups in total. The van der Waals surface area contributed by atoms with Crippen molar-refractivity contribution < 1.29 is 13.2 Å². The number of rotatable bonds is 4. The van der Waals surface area contributed by atoms with Gasteiger partial charge in [-0.05, 0) is 23.6 Å². The number of anilines is 2. The van der Waals surface area contributed by atoms with Gasteiger partial charge in [0.2, 0.25) is 15.9 Å². The van der Waals surface area contributed by atoms with Gasteiger partial charge in [0.15, 0.2) is 0 Å². The van der Waals surface area contributed by atoms with Gasteiger partial charge in [-0.2, -0.15) is 0 Å².